The van der Waals surface area contributed by atoms with E-state index >= 15 is 0 Å². The van der Waals surface area contributed by atoms with Gasteiger partial charge in [0.2, 0.25) is 0 Å². The van der Waals surface area contributed by atoms with Crippen molar-refractivity contribution in [1.29, 1.82) is 0 Å². The van der Waals surface area contributed by atoms with Gasteiger partial charge in [0.1, 0.15) is 0 Å². The van der Waals surface area contributed by atoms with E-state index in [-0.39, 0.29) is 0 Å². The molecule has 1 unspecified atom stereocenters. The molecule has 102 valence electrons. The van der Waals surface area contributed by atoms with Crippen molar-refractivity contribution in [2.24, 2.45) is 11.8 Å². The normalized spacial score (nSPS) is 19.8. The average Bonchev–Trinajstić information content (AvgIpc) is 2.29. The molecular formula is C14H31N3. The second-order valence-electron chi connectivity index (χ2n) is 5.90. The summed E-state index contributed by atoms with van der Waals surface area (Å²) < 4.78 is 0. The summed E-state index contributed by atoms with van der Waals surface area (Å²) in [7, 11) is 0. The van der Waals surface area contributed by atoms with Gasteiger partial charge in [0.05, 0.1) is 0 Å². The van der Waals surface area contributed by atoms with Gasteiger partial charge < -0.3 is 15.5 Å². The van der Waals surface area contributed by atoms with E-state index in [1.165, 1.54) is 45.6 Å². The summed E-state index contributed by atoms with van der Waals surface area (Å²) in [6.45, 7) is 15.3. The van der Waals surface area contributed by atoms with Crippen LogP contribution in [0, 0.1) is 11.8 Å². The van der Waals surface area contributed by atoms with Crippen LogP contribution in [0.15, 0.2) is 0 Å². The SMILES string of the molecule is CC(C)CCCNCC(C)CN1CCNCC1. The summed E-state index contributed by atoms with van der Waals surface area (Å²) in [6, 6.07) is 0. The fourth-order valence-corrected chi connectivity index (χ4v) is 2.38. The molecule has 1 rings (SSSR count). The lowest BCUT2D eigenvalue weighted by molar-refractivity contribution is 0.209. The molecule has 0 spiro atoms. The van der Waals surface area contributed by atoms with Crippen molar-refractivity contribution in [1.82, 2.24) is 15.5 Å². The average molecular weight is 241 g/mol. The van der Waals surface area contributed by atoms with Gasteiger partial charge in [-0.25, -0.2) is 0 Å². The van der Waals surface area contributed by atoms with Crippen molar-refractivity contribution in [3.63, 3.8) is 0 Å². The second kappa shape index (κ2) is 8.90. The van der Waals surface area contributed by atoms with Gasteiger partial charge in [-0.15, -0.1) is 0 Å². The first-order valence-corrected chi connectivity index (χ1v) is 7.32. The van der Waals surface area contributed by atoms with Crippen LogP contribution in [-0.2, 0) is 0 Å². The predicted molar refractivity (Wildman–Crippen MR) is 75.4 cm³/mol. The molecular weight excluding hydrogens is 210 g/mol. The Morgan fingerprint density at radius 1 is 1.18 bits per heavy atom. The molecule has 0 amide bonds. The summed E-state index contributed by atoms with van der Waals surface area (Å²) in [6.07, 6.45) is 2.66. The Kier molecular flexibility index (Phi) is 7.82. The summed E-state index contributed by atoms with van der Waals surface area (Å²) in [5.74, 6) is 1.61. The number of rotatable bonds is 8. The zero-order valence-electron chi connectivity index (χ0n) is 12.0. The molecule has 17 heavy (non-hydrogen) atoms. The third-order valence-corrected chi connectivity index (χ3v) is 3.41. The van der Waals surface area contributed by atoms with Crippen molar-refractivity contribution < 1.29 is 0 Å². The van der Waals surface area contributed by atoms with Crippen LogP contribution in [0.2, 0.25) is 0 Å². The van der Waals surface area contributed by atoms with Gasteiger partial charge in [-0.3, -0.25) is 0 Å². The van der Waals surface area contributed by atoms with Gasteiger partial charge in [0.25, 0.3) is 0 Å². The van der Waals surface area contributed by atoms with E-state index in [0.717, 1.165) is 24.9 Å². The van der Waals surface area contributed by atoms with Crippen LogP contribution in [0.5, 0.6) is 0 Å². The Hall–Kier alpha value is -0.120. The van der Waals surface area contributed by atoms with Crippen molar-refractivity contribution >= 4 is 0 Å². The highest BCUT2D eigenvalue weighted by molar-refractivity contribution is 4.70. The van der Waals surface area contributed by atoms with E-state index < -0.39 is 0 Å². The highest BCUT2D eigenvalue weighted by Crippen LogP contribution is 2.03. The second-order valence-corrected chi connectivity index (χ2v) is 5.90. The molecule has 0 bridgehead atoms. The van der Waals surface area contributed by atoms with Crippen LogP contribution in [0.4, 0.5) is 0 Å². The molecule has 1 aliphatic rings. The maximum Gasteiger partial charge on any atom is 0.0107 e. The number of nitrogens with one attached hydrogen (secondary N) is 2. The smallest absolute Gasteiger partial charge is 0.0107 e. The van der Waals surface area contributed by atoms with Gasteiger partial charge >= 0.3 is 0 Å². The Morgan fingerprint density at radius 3 is 2.53 bits per heavy atom. The molecule has 0 aromatic heterocycles. The number of hydrogen-bond acceptors (Lipinski definition) is 3. The van der Waals surface area contributed by atoms with Crippen molar-refractivity contribution in [2.75, 3.05) is 45.8 Å². The summed E-state index contributed by atoms with van der Waals surface area (Å²) in [5, 5.41) is 6.99. The third kappa shape index (κ3) is 7.74. The van der Waals surface area contributed by atoms with Crippen LogP contribution in [0.25, 0.3) is 0 Å². The first kappa shape index (κ1) is 14.9. The Morgan fingerprint density at radius 2 is 1.88 bits per heavy atom. The minimum Gasteiger partial charge on any atom is -0.316 e. The molecule has 3 heteroatoms. The fourth-order valence-electron chi connectivity index (χ4n) is 2.38. The molecule has 0 aromatic rings. The zero-order valence-corrected chi connectivity index (χ0v) is 12.0. The Bertz CT molecular complexity index is 176. The fraction of sp³-hybridized carbons (Fsp3) is 1.00. The van der Waals surface area contributed by atoms with Crippen LogP contribution >= 0.6 is 0 Å². The van der Waals surface area contributed by atoms with E-state index in [2.05, 4.69) is 36.3 Å². The zero-order chi connectivity index (χ0) is 12.5. The van der Waals surface area contributed by atoms with Crippen molar-refractivity contribution in [3.05, 3.63) is 0 Å². The van der Waals surface area contributed by atoms with Gasteiger partial charge in [-0.05, 0) is 37.8 Å². The Balaban J connectivity index is 1.95. The summed E-state index contributed by atoms with van der Waals surface area (Å²) in [5.41, 5.74) is 0. The molecule has 0 radical (unpaired) electrons. The first-order valence-electron chi connectivity index (χ1n) is 7.32. The van der Waals surface area contributed by atoms with Crippen LogP contribution in [0.1, 0.15) is 33.6 Å². The topological polar surface area (TPSA) is 27.3 Å². The third-order valence-electron chi connectivity index (χ3n) is 3.41. The highest BCUT2D eigenvalue weighted by atomic mass is 15.2. The van der Waals surface area contributed by atoms with Crippen molar-refractivity contribution in [3.8, 4) is 0 Å². The first-order chi connectivity index (χ1) is 8.18. The predicted octanol–water partition coefficient (Wildman–Crippen LogP) is 1.55. The minimum absolute atomic E-state index is 0.771. The molecule has 1 fully saturated rings. The monoisotopic (exact) mass is 241 g/mol. The van der Waals surface area contributed by atoms with E-state index in [1.807, 2.05) is 0 Å². The van der Waals surface area contributed by atoms with Gasteiger partial charge in [0.15, 0.2) is 0 Å². The van der Waals surface area contributed by atoms with Crippen LogP contribution in [-0.4, -0.2) is 50.7 Å². The summed E-state index contributed by atoms with van der Waals surface area (Å²) in [4.78, 5) is 2.58. The molecule has 0 aliphatic carbocycles. The lowest BCUT2D eigenvalue weighted by Gasteiger charge is -2.29. The van der Waals surface area contributed by atoms with E-state index in [1.54, 1.807) is 0 Å². The maximum atomic E-state index is 3.59. The van der Waals surface area contributed by atoms with Crippen LogP contribution in [0.3, 0.4) is 0 Å². The quantitative estimate of drug-likeness (QED) is 0.632. The number of piperazine rings is 1. The minimum atomic E-state index is 0.771. The van der Waals surface area contributed by atoms with E-state index in [4.69, 9.17) is 0 Å². The summed E-state index contributed by atoms with van der Waals surface area (Å²) >= 11 is 0. The number of nitrogens with zero attached hydrogens (tertiary/aromatic N) is 1. The standard InChI is InChI=1S/C14H31N3/c1-13(2)5-4-6-16-11-14(3)12-17-9-7-15-8-10-17/h13-16H,4-12H2,1-3H3. The highest BCUT2D eigenvalue weighted by Gasteiger charge is 2.12. The molecule has 1 atom stereocenters. The molecule has 1 aliphatic heterocycles. The lowest BCUT2D eigenvalue weighted by Crippen LogP contribution is -2.46. The molecule has 1 saturated heterocycles. The number of hydrogen-bond donors (Lipinski definition) is 2. The van der Waals surface area contributed by atoms with Gasteiger partial charge in [-0.1, -0.05) is 20.8 Å². The van der Waals surface area contributed by atoms with Crippen LogP contribution < -0.4 is 10.6 Å². The molecule has 1 heterocycles. The lowest BCUT2D eigenvalue weighted by atomic mass is 10.1. The largest absolute Gasteiger partial charge is 0.316 e. The molecule has 3 nitrogen and oxygen atoms in total. The Labute approximate surface area is 107 Å². The van der Waals surface area contributed by atoms with E-state index in [0.29, 0.717) is 0 Å². The molecule has 2 N–H and O–H groups in total. The van der Waals surface area contributed by atoms with Gasteiger partial charge in [0, 0.05) is 32.7 Å². The van der Waals surface area contributed by atoms with E-state index in [9.17, 15) is 0 Å². The molecule has 0 saturated carbocycles. The van der Waals surface area contributed by atoms with Gasteiger partial charge in [-0.2, -0.15) is 0 Å². The van der Waals surface area contributed by atoms with Crippen molar-refractivity contribution in [2.45, 2.75) is 33.6 Å². The molecule has 0 aromatic carbocycles. The maximum absolute atomic E-state index is 3.59.